The molecule has 0 radical (unpaired) electrons. The molecule has 8 heteroatoms. The zero-order chi connectivity index (χ0) is 43.9. The van der Waals surface area contributed by atoms with Gasteiger partial charge in [0.05, 0.1) is 22.4 Å². The zero-order valence-electron chi connectivity index (χ0n) is 35.0. The Morgan fingerprint density at radius 2 is 1.10 bits per heavy atom. The number of hydrogen-bond donors (Lipinski definition) is 2. The fourth-order valence-electron chi connectivity index (χ4n) is 6.63. The first kappa shape index (κ1) is 45.5. The number of nitrogens with one attached hydrogen (secondary N) is 2. The van der Waals surface area contributed by atoms with Crippen LogP contribution in [0.2, 0.25) is 0 Å². The summed E-state index contributed by atoms with van der Waals surface area (Å²) in [6.07, 6.45) is 7.51. The zero-order valence-corrected chi connectivity index (χ0v) is 36.7. The highest BCUT2D eigenvalue weighted by molar-refractivity contribution is 7.99. The molecule has 0 saturated carbocycles. The first-order valence-electron chi connectivity index (χ1n) is 19.9. The van der Waals surface area contributed by atoms with E-state index in [1.807, 2.05) is 112 Å². The average molecular weight is 843 g/mol. The van der Waals surface area contributed by atoms with Crippen LogP contribution in [0.3, 0.4) is 0 Å². The summed E-state index contributed by atoms with van der Waals surface area (Å²) in [7, 11) is 1.73. The normalized spacial score (nSPS) is 11.0. The second-order valence-corrected chi connectivity index (χ2v) is 15.5. The van der Waals surface area contributed by atoms with Gasteiger partial charge in [0.15, 0.2) is 11.6 Å². The largest absolute Gasteiger partial charge is 0.457 e. The van der Waals surface area contributed by atoms with Crippen molar-refractivity contribution in [3.8, 4) is 0 Å². The van der Waals surface area contributed by atoms with E-state index in [1.54, 1.807) is 37.4 Å². The molecule has 0 spiro atoms. The topological polar surface area (TPSA) is 84.5 Å². The van der Waals surface area contributed by atoms with Crippen LogP contribution in [-0.2, 0) is 17.8 Å². The molecule has 2 N–H and O–H groups in total. The molecule has 0 bridgehead atoms. The molecule has 6 aromatic rings. The summed E-state index contributed by atoms with van der Waals surface area (Å²) in [6, 6.07) is 38.4. The van der Waals surface area contributed by atoms with E-state index in [2.05, 4.69) is 55.1 Å². The van der Waals surface area contributed by atoms with Gasteiger partial charge in [-0.05, 0) is 89.8 Å². The number of benzene rings is 6. The van der Waals surface area contributed by atoms with Crippen molar-refractivity contribution in [1.82, 2.24) is 0 Å². The molecule has 1 aliphatic carbocycles. The molecule has 0 amide bonds. The van der Waals surface area contributed by atoms with Crippen molar-refractivity contribution in [1.29, 1.82) is 0 Å². The highest BCUT2D eigenvalue weighted by atomic mass is 32.2. The quantitative estimate of drug-likeness (QED) is 0.0827. The van der Waals surface area contributed by atoms with Crippen LogP contribution in [0.15, 0.2) is 180 Å². The van der Waals surface area contributed by atoms with E-state index in [-0.39, 0.29) is 34.9 Å². The Morgan fingerprint density at radius 1 is 0.607 bits per heavy atom. The van der Waals surface area contributed by atoms with Gasteiger partial charge in [-0.3, -0.25) is 9.59 Å². The van der Waals surface area contributed by atoms with Gasteiger partial charge in [0.25, 0.3) is 0 Å². The van der Waals surface area contributed by atoms with Crippen molar-refractivity contribution in [3.05, 3.63) is 216 Å². The number of fused-ring (bicyclic) bond motifs is 2. The van der Waals surface area contributed by atoms with Crippen LogP contribution in [0, 0.1) is 0 Å². The SMILES string of the molecule is C=CC.C=CNc1ccc(Sc2ccccc2Cc2ccc(C=C)cc2)c2c1C(=O)c1c(Sc3ccccc3C(=O)OCc3ccc(C=C)cc3)ccc(NC)c1C2=O.CC. The number of allylic oxidation sites excluding steroid dienone is 1. The number of anilines is 2. The molecule has 0 aliphatic heterocycles. The highest BCUT2D eigenvalue weighted by Crippen LogP contribution is 2.46. The van der Waals surface area contributed by atoms with E-state index < -0.39 is 5.97 Å². The van der Waals surface area contributed by atoms with Crippen LogP contribution in [0.25, 0.3) is 12.2 Å². The predicted octanol–water partition coefficient (Wildman–Crippen LogP) is 13.8. The minimum atomic E-state index is -0.498. The van der Waals surface area contributed by atoms with Gasteiger partial charge >= 0.3 is 5.97 Å². The summed E-state index contributed by atoms with van der Waals surface area (Å²) in [5.74, 6) is -1.08. The number of rotatable bonds is 14. The second kappa shape index (κ2) is 22.1. The number of carbonyl (C=O) groups is 3. The van der Waals surface area contributed by atoms with E-state index in [4.69, 9.17) is 4.74 Å². The van der Waals surface area contributed by atoms with Crippen LogP contribution in [0.1, 0.15) is 90.8 Å². The monoisotopic (exact) mass is 842 g/mol. The first-order chi connectivity index (χ1) is 29.7. The van der Waals surface area contributed by atoms with E-state index in [0.29, 0.717) is 43.6 Å². The second-order valence-electron chi connectivity index (χ2n) is 13.3. The van der Waals surface area contributed by atoms with E-state index >= 15 is 0 Å². The summed E-state index contributed by atoms with van der Waals surface area (Å²) in [6.45, 7) is 20.8. The van der Waals surface area contributed by atoms with Crippen LogP contribution >= 0.6 is 23.5 Å². The van der Waals surface area contributed by atoms with Crippen molar-refractivity contribution < 1.29 is 19.1 Å². The Labute approximate surface area is 368 Å². The fourth-order valence-corrected chi connectivity index (χ4v) is 8.79. The molecule has 6 aromatic carbocycles. The Hall–Kier alpha value is -6.61. The lowest BCUT2D eigenvalue weighted by Gasteiger charge is -2.26. The lowest BCUT2D eigenvalue weighted by molar-refractivity contribution is 0.0468. The molecule has 0 aromatic heterocycles. The van der Waals surface area contributed by atoms with Gasteiger partial charge in [-0.1, -0.05) is 154 Å². The van der Waals surface area contributed by atoms with Crippen molar-refractivity contribution >= 4 is 64.6 Å². The number of carbonyl (C=O) groups excluding carboxylic acids is 3. The fraction of sp³-hybridized carbons (Fsp3) is 0.113. The Kier molecular flexibility index (Phi) is 16.5. The molecular formula is C53H50N2O4S2. The number of ketones is 2. The van der Waals surface area contributed by atoms with Gasteiger partial charge in [-0.15, -0.1) is 6.58 Å². The molecular weight excluding hydrogens is 793 g/mol. The van der Waals surface area contributed by atoms with Crippen molar-refractivity contribution in [3.63, 3.8) is 0 Å². The van der Waals surface area contributed by atoms with Crippen LogP contribution < -0.4 is 10.6 Å². The van der Waals surface area contributed by atoms with E-state index in [9.17, 15) is 14.4 Å². The molecule has 0 atom stereocenters. The molecule has 0 fully saturated rings. The lowest BCUT2D eigenvalue weighted by Crippen LogP contribution is -2.25. The summed E-state index contributed by atoms with van der Waals surface area (Å²) in [5.41, 5.74) is 7.63. The summed E-state index contributed by atoms with van der Waals surface area (Å²) in [5, 5.41) is 6.25. The average Bonchev–Trinajstić information content (AvgIpc) is 3.30. The third kappa shape index (κ3) is 10.6. The minimum Gasteiger partial charge on any atom is -0.457 e. The summed E-state index contributed by atoms with van der Waals surface area (Å²) in [4.78, 5) is 46.1. The van der Waals surface area contributed by atoms with Gasteiger partial charge in [0.1, 0.15) is 6.61 Å². The third-order valence-corrected chi connectivity index (χ3v) is 11.8. The maximum absolute atomic E-state index is 14.9. The summed E-state index contributed by atoms with van der Waals surface area (Å²) < 4.78 is 5.72. The van der Waals surface area contributed by atoms with Gasteiger partial charge in [-0.2, -0.15) is 0 Å². The molecule has 1 aliphatic rings. The highest BCUT2D eigenvalue weighted by Gasteiger charge is 2.38. The molecule has 0 unspecified atom stereocenters. The Morgan fingerprint density at radius 3 is 1.66 bits per heavy atom. The third-order valence-electron chi connectivity index (χ3n) is 9.48. The predicted molar refractivity (Wildman–Crippen MR) is 256 cm³/mol. The molecule has 0 saturated heterocycles. The van der Waals surface area contributed by atoms with Crippen molar-refractivity contribution in [2.45, 2.75) is 53.4 Å². The maximum Gasteiger partial charge on any atom is 0.339 e. The Bertz CT molecular complexity index is 2580. The van der Waals surface area contributed by atoms with E-state index in [0.717, 1.165) is 32.7 Å². The van der Waals surface area contributed by atoms with Crippen LogP contribution in [0.5, 0.6) is 0 Å². The van der Waals surface area contributed by atoms with Crippen molar-refractivity contribution in [2.24, 2.45) is 0 Å². The van der Waals surface area contributed by atoms with Crippen LogP contribution in [-0.4, -0.2) is 24.6 Å². The van der Waals surface area contributed by atoms with Gasteiger partial charge in [-0.25, -0.2) is 4.79 Å². The molecule has 0 heterocycles. The van der Waals surface area contributed by atoms with Gasteiger partial charge in [0.2, 0.25) is 0 Å². The lowest BCUT2D eigenvalue weighted by atomic mass is 9.82. The summed E-state index contributed by atoms with van der Waals surface area (Å²) >= 11 is 2.72. The maximum atomic E-state index is 14.9. The van der Waals surface area contributed by atoms with Crippen molar-refractivity contribution in [2.75, 3.05) is 17.7 Å². The molecule has 7 rings (SSSR count). The standard InChI is InChI=1S/C48H38N2O4S2.C3H6.C2H6/c1-5-30-16-20-32(21-17-30)28-34-12-8-10-14-38(34)55-40-27-25-37(50-7-3)43-45(40)46(51)42-36(49-4)24-26-41(44(42)47(43)52)56-39-15-11-9-13-35(39)48(53)54-29-33-22-18-31(6-2)19-23-33;1-3-2;1-2/h5-27,49-50H,1-3,28-29H2,4H3;3H,1H2,2H3;1-2H3. The van der Waals surface area contributed by atoms with E-state index in [1.165, 1.54) is 29.7 Å². The minimum absolute atomic E-state index is 0.0953. The smallest absolute Gasteiger partial charge is 0.339 e. The van der Waals surface area contributed by atoms with Gasteiger partial charge < -0.3 is 15.4 Å². The van der Waals surface area contributed by atoms with Gasteiger partial charge in [0, 0.05) is 43.4 Å². The van der Waals surface area contributed by atoms with Crippen LogP contribution in [0.4, 0.5) is 11.4 Å². The number of esters is 1. The molecule has 6 nitrogen and oxygen atoms in total. The molecule has 308 valence electrons. The number of hydrogen-bond acceptors (Lipinski definition) is 8. The first-order valence-corrected chi connectivity index (χ1v) is 21.6. The molecule has 61 heavy (non-hydrogen) atoms. The number of ether oxygens (including phenoxy) is 1. The Balaban J connectivity index is 0.00000135.